The number of nitrogens with zero attached hydrogens (tertiary/aromatic N) is 1. The predicted octanol–water partition coefficient (Wildman–Crippen LogP) is 2.16. The van der Waals surface area contributed by atoms with Crippen LogP contribution in [0.5, 0.6) is 0 Å². The molecule has 0 unspecified atom stereocenters. The first kappa shape index (κ1) is 12.9. The number of hydrogen-bond acceptors (Lipinski definition) is 2. The third-order valence-corrected chi connectivity index (χ3v) is 3.44. The zero-order valence-electron chi connectivity index (χ0n) is 10.7. The number of halogens is 1. The summed E-state index contributed by atoms with van der Waals surface area (Å²) in [4.78, 5) is 12.3. The Balaban J connectivity index is 2.62. The molecule has 2 rings (SSSR count). The van der Waals surface area contributed by atoms with Crippen LogP contribution in [0, 0.1) is 13.8 Å². The summed E-state index contributed by atoms with van der Waals surface area (Å²) in [6.45, 7) is 4.34. The van der Waals surface area contributed by atoms with Gasteiger partial charge in [0.1, 0.15) is 0 Å². The van der Waals surface area contributed by atoms with Crippen LogP contribution in [0.1, 0.15) is 16.8 Å². The Bertz CT molecular complexity index is 628. The Kier molecular flexibility index (Phi) is 3.59. The Morgan fingerprint density at radius 2 is 2.11 bits per heavy atom. The fourth-order valence-corrected chi connectivity index (χ4v) is 2.14. The standard InChI is InChI=1S/C13H16ClN3O/c1-8-11(14)5-4-6-12(8)17-13(18)10(7-15-3)9(2)16-17/h4-6,15-16H,7H2,1-3H3. The van der Waals surface area contributed by atoms with Crippen LogP contribution in [-0.2, 0) is 6.54 Å². The van der Waals surface area contributed by atoms with Gasteiger partial charge in [-0.15, -0.1) is 0 Å². The minimum atomic E-state index is -0.0350. The van der Waals surface area contributed by atoms with E-state index in [1.54, 1.807) is 4.68 Å². The van der Waals surface area contributed by atoms with Crippen LogP contribution < -0.4 is 10.9 Å². The lowest BCUT2D eigenvalue weighted by atomic mass is 10.2. The van der Waals surface area contributed by atoms with Crippen LogP contribution in [0.3, 0.4) is 0 Å². The number of aromatic nitrogens is 2. The van der Waals surface area contributed by atoms with Crippen molar-refractivity contribution in [3.8, 4) is 5.69 Å². The van der Waals surface area contributed by atoms with Gasteiger partial charge < -0.3 is 5.32 Å². The fourth-order valence-electron chi connectivity index (χ4n) is 1.97. The van der Waals surface area contributed by atoms with Gasteiger partial charge in [-0.2, -0.15) is 0 Å². The van der Waals surface area contributed by atoms with Crippen LogP contribution >= 0.6 is 11.6 Å². The summed E-state index contributed by atoms with van der Waals surface area (Å²) in [5.74, 6) is 0. The molecule has 1 heterocycles. The maximum absolute atomic E-state index is 12.3. The van der Waals surface area contributed by atoms with E-state index in [0.29, 0.717) is 11.6 Å². The molecule has 0 atom stereocenters. The summed E-state index contributed by atoms with van der Waals surface area (Å²) in [6.07, 6.45) is 0. The van der Waals surface area contributed by atoms with E-state index < -0.39 is 0 Å². The Labute approximate surface area is 111 Å². The minimum absolute atomic E-state index is 0.0350. The van der Waals surface area contributed by atoms with Crippen LogP contribution in [0.25, 0.3) is 5.69 Å². The molecule has 1 aromatic carbocycles. The second-order valence-electron chi connectivity index (χ2n) is 4.27. The van der Waals surface area contributed by atoms with E-state index in [1.165, 1.54) is 0 Å². The fraction of sp³-hybridized carbons (Fsp3) is 0.308. The molecule has 0 saturated heterocycles. The summed E-state index contributed by atoms with van der Waals surface area (Å²) in [5, 5.41) is 6.74. The first-order valence-electron chi connectivity index (χ1n) is 5.77. The van der Waals surface area contributed by atoms with Crippen molar-refractivity contribution in [2.24, 2.45) is 0 Å². The van der Waals surface area contributed by atoms with Crippen molar-refractivity contribution in [1.82, 2.24) is 15.1 Å². The van der Waals surface area contributed by atoms with Gasteiger partial charge in [0.15, 0.2) is 0 Å². The normalized spacial score (nSPS) is 10.9. The van der Waals surface area contributed by atoms with Gasteiger partial charge in [-0.3, -0.25) is 9.89 Å². The Morgan fingerprint density at radius 1 is 1.39 bits per heavy atom. The molecule has 2 aromatic rings. The largest absolute Gasteiger partial charge is 0.315 e. The first-order chi connectivity index (χ1) is 8.56. The van der Waals surface area contributed by atoms with Crippen molar-refractivity contribution >= 4 is 11.6 Å². The maximum Gasteiger partial charge on any atom is 0.275 e. The quantitative estimate of drug-likeness (QED) is 0.894. The van der Waals surface area contributed by atoms with Gasteiger partial charge in [-0.05, 0) is 38.6 Å². The summed E-state index contributed by atoms with van der Waals surface area (Å²) < 4.78 is 1.54. The summed E-state index contributed by atoms with van der Waals surface area (Å²) >= 11 is 6.08. The molecule has 0 radical (unpaired) electrons. The molecular formula is C13H16ClN3O. The molecule has 5 heteroatoms. The molecule has 0 aliphatic rings. The van der Waals surface area contributed by atoms with Gasteiger partial charge in [0.25, 0.3) is 5.56 Å². The molecule has 18 heavy (non-hydrogen) atoms. The first-order valence-corrected chi connectivity index (χ1v) is 6.14. The summed E-state index contributed by atoms with van der Waals surface area (Å²) in [5.41, 5.74) is 3.26. The number of aryl methyl sites for hydroxylation is 1. The zero-order chi connectivity index (χ0) is 13.3. The molecule has 0 fully saturated rings. The molecule has 0 spiro atoms. The van der Waals surface area contributed by atoms with Crippen molar-refractivity contribution < 1.29 is 0 Å². The third-order valence-electron chi connectivity index (χ3n) is 3.03. The highest BCUT2D eigenvalue weighted by molar-refractivity contribution is 6.31. The highest BCUT2D eigenvalue weighted by Crippen LogP contribution is 2.21. The maximum atomic E-state index is 12.3. The lowest BCUT2D eigenvalue weighted by Gasteiger charge is -2.07. The third kappa shape index (κ3) is 2.09. The van der Waals surface area contributed by atoms with Crippen LogP contribution in [0.15, 0.2) is 23.0 Å². The van der Waals surface area contributed by atoms with Crippen molar-refractivity contribution in [2.45, 2.75) is 20.4 Å². The Hall–Kier alpha value is -1.52. The van der Waals surface area contributed by atoms with E-state index in [0.717, 1.165) is 22.5 Å². The number of nitrogens with one attached hydrogen (secondary N) is 2. The molecule has 2 N–H and O–H groups in total. The zero-order valence-corrected chi connectivity index (χ0v) is 11.4. The summed E-state index contributed by atoms with van der Waals surface area (Å²) in [6, 6.07) is 5.53. The molecule has 1 aromatic heterocycles. The smallest absolute Gasteiger partial charge is 0.275 e. The second kappa shape index (κ2) is 5.00. The van der Waals surface area contributed by atoms with Gasteiger partial charge in [0.05, 0.1) is 11.3 Å². The van der Waals surface area contributed by atoms with E-state index in [4.69, 9.17) is 11.6 Å². The number of rotatable bonds is 3. The molecule has 0 bridgehead atoms. The topological polar surface area (TPSA) is 49.8 Å². The van der Waals surface area contributed by atoms with Gasteiger partial charge in [0, 0.05) is 17.3 Å². The van der Waals surface area contributed by atoms with E-state index in [1.807, 2.05) is 39.1 Å². The number of benzene rings is 1. The average molecular weight is 266 g/mol. The molecule has 0 amide bonds. The minimum Gasteiger partial charge on any atom is -0.315 e. The number of hydrogen-bond donors (Lipinski definition) is 2. The van der Waals surface area contributed by atoms with E-state index >= 15 is 0 Å². The van der Waals surface area contributed by atoms with Crippen molar-refractivity contribution in [1.29, 1.82) is 0 Å². The van der Waals surface area contributed by atoms with E-state index in [9.17, 15) is 4.79 Å². The van der Waals surface area contributed by atoms with Crippen LogP contribution in [0.2, 0.25) is 5.02 Å². The average Bonchev–Trinajstić information content (AvgIpc) is 2.61. The van der Waals surface area contributed by atoms with Gasteiger partial charge in [-0.25, -0.2) is 4.68 Å². The molecule has 0 aliphatic carbocycles. The Morgan fingerprint density at radius 3 is 2.78 bits per heavy atom. The highest BCUT2D eigenvalue weighted by atomic mass is 35.5. The van der Waals surface area contributed by atoms with E-state index in [-0.39, 0.29) is 5.56 Å². The van der Waals surface area contributed by atoms with E-state index in [2.05, 4.69) is 10.4 Å². The van der Waals surface area contributed by atoms with Gasteiger partial charge in [0.2, 0.25) is 0 Å². The predicted molar refractivity (Wildman–Crippen MR) is 73.6 cm³/mol. The van der Waals surface area contributed by atoms with Crippen molar-refractivity contribution in [2.75, 3.05) is 7.05 Å². The molecule has 4 nitrogen and oxygen atoms in total. The molecule has 96 valence electrons. The molecule has 0 aliphatic heterocycles. The molecular weight excluding hydrogens is 250 g/mol. The SMILES string of the molecule is CNCc1c(C)[nH]n(-c2cccc(Cl)c2C)c1=O. The lowest BCUT2D eigenvalue weighted by Crippen LogP contribution is -2.21. The monoisotopic (exact) mass is 265 g/mol. The van der Waals surface area contributed by atoms with Crippen LogP contribution in [0.4, 0.5) is 0 Å². The number of aromatic amines is 1. The highest BCUT2D eigenvalue weighted by Gasteiger charge is 2.13. The van der Waals surface area contributed by atoms with Crippen LogP contribution in [-0.4, -0.2) is 16.8 Å². The van der Waals surface area contributed by atoms with Gasteiger partial charge >= 0.3 is 0 Å². The molecule has 0 saturated carbocycles. The lowest BCUT2D eigenvalue weighted by molar-refractivity contribution is 0.800. The van der Waals surface area contributed by atoms with Crippen molar-refractivity contribution in [3.05, 3.63) is 50.4 Å². The second-order valence-corrected chi connectivity index (χ2v) is 4.68. The summed E-state index contributed by atoms with van der Waals surface area (Å²) in [7, 11) is 1.82. The van der Waals surface area contributed by atoms with Crippen molar-refractivity contribution in [3.63, 3.8) is 0 Å². The number of H-pyrrole nitrogens is 1. The van der Waals surface area contributed by atoms with Gasteiger partial charge in [-0.1, -0.05) is 17.7 Å².